The third kappa shape index (κ3) is 3.36. The Bertz CT molecular complexity index is 830. The summed E-state index contributed by atoms with van der Waals surface area (Å²) in [5, 5.41) is 9.47. The molecule has 1 aliphatic rings. The molecule has 1 saturated heterocycles. The Labute approximate surface area is 147 Å². The van der Waals surface area contributed by atoms with Gasteiger partial charge in [0.1, 0.15) is 11.8 Å². The van der Waals surface area contributed by atoms with Crippen molar-refractivity contribution in [3.05, 3.63) is 41.7 Å². The predicted octanol–water partition coefficient (Wildman–Crippen LogP) is 2.75. The first-order valence-electron chi connectivity index (χ1n) is 8.09. The Morgan fingerprint density at radius 2 is 1.80 bits per heavy atom. The molecule has 2 aromatic rings. The quantitative estimate of drug-likeness (QED) is 0.802. The highest BCUT2D eigenvalue weighted by Crippen LogP contribution is 2.36. The Morgan fingerprint density at radius 3 is 2.40 bits per heavy atom. The fourth-order valence-electron chi connectivity index (χ4n) is 2.42. The summed E-state index contributed by atoms with van der Waals surface area (Å²) in [4.78, 5) is 8.25. The highest BCUT2D eigenvalue weighted by molar-refractivity contribution is 6.62. The molecule has 1 aromatic heterocycles. The summed E-state index contributed by atoms with van der Waals surface area (Å²) in [5.74, 6) is 0.397. The Balaban J connectivity index is 1.87. The molecule has 128 valence electrons. The monoisotopic (exact) mass is 337 g/mol. The molecule has 25 heavy (non-hydrogen) atoms. The zero-order chi connectivity index (χ0) is 18.2. The third-order valence-electron chi connectivity index (χ3n) is 4.62. The summed E-state index contributed by atoms with van der Waals surface area (Å²) in [5.41, 5.74) is 1.06. The van der Waals surface area contributed by atoms with Gasteiger partial charge in [-0.3, -0.25) is 0 Å². The van der Waals surface area contributed by atoms with Gasteiger partial charge in [-0.2, -0.15) is 5.26 Å². The fourth-order valence-corrected chi connectivity index (χ4v) is 2.42. The molecule has 0 N–H and O–H groups in total. The standard InChI is InChI=1S/C18H20BN3O3/c1-12-8-9-21-16(22-12)23-15-7-6-14(10-13(15)11-20)19-24-17(2,3)18(4,5)25-19/h6-10H,1-5H3. The van der Waals surface area contributed by atoms with Crippen molar-refractivity contribution in [1.29, 1.82) is 5.26 Å². The maximum absolute atomic E-state index is 9.47. The minimum atomic E-state index is -0.527. The number of benzene rings is 1. The van der Waals surface area contributed by atoms with Crippen molar-refractivity contribution in [3.63, 3.8) is 0 Å². The number of nitriles is 1. The summed E-state index contributed by atoms with van der Waals surface area (Å²) >= 11 is 0. The molecule has 0 unspecified atom stereocenters. The second kappa shape index (κ2) is 6.14. The van der Waals surface area contributed by atoms with Gasteiger partial charge in [-0.1, -0.05) is 6.07 Å². The van der Waals surface area contributed by atoms with E-state index in [1.165, 1.54) is 0 Å². The van der Waals surface area contributed by atoms with Crippen LogP contribution in [0.1, 0.15) is 39.0 Å². The third-order valence-corrected chi connectivity index (χ3v) is 4.62. The largest absolute Gasteiger partial charge is 0.494 e. The summed E-state index contributed by atoms with van der Waals surface area (Å²) in [7, 11) is -0.527. The number of hydrogen-bond acceptors (Lipinski definition) is 6. The van der Waals surface area contributed by atoms with Gasteiger partial charge in [0.2, 0.25) is 0 Å². The molecule has 0 bridgehead atoms. The molecule has 7 heteroatoms. The van der Waals surface area contributed by atoms with Crippen LogP contribution < -0.4 is 10.2 Å². The first kappa shape index (κ1) is 17.4. The molecule has 1 fully saturated rings. The van der Waals surface area contributed by atoms with Gasteiger partial charge in [-0.15, -0.1) is 0 Å². The van der Waals surface area contributed by atoms with Crippen LogP contribution in [0.15, 0.2) is 30.5 Å². The maximum Gasteiger partial charge on any atom is 0.494 e. The molecule has 6 nitrogen and oxygen atoms in total. The number of ether oxygens (including phenoxy) is 1. The molecule has 3 rings (SSSR count). The summed E-state index contributed by atoms with van der Waals surface area (Å²) in [6, 6.07) is 9.39. The van der Waals surface area contributed by atoms with Gasteiger partial charge in [0.25, 0.3) is 0 Å². The lowest BCUT2D eigenvalue weighted by molar-refractivity contribution is 0.00578. The van der Waals surface area contributed by atoms with E-state index in [0.29, 0.717) is 11.3 Å². The smallest absolute Gasteiger partial charge is 0.423 e. The number of aryl methyl sites for hydroxylation is 1. The number of aromatic nitrogens is 2. The molecular formula is C18H20BN3O3. The lowest BCUT2D eigenvalue weighted by Gasteiger charge is -2.32. The molecular weight excluding hydrogens is 317 g/mol. The molecule has 0 spiro atoms. The van der Waals surface area contributed by atoms with E-state index in [9.17, 15) is 5.26 Å². The minimum Gasteiger partial charge on any atom is -0.423 e. The van der Waals surface area contributed by atoms with E-state index >= 15 is 0 Å². The zero-order valence-corrected chi connectivity index (χ0v) is 15.0. The molecule has 1 aromatic carbocycles. The van der Waals surface area contributed by atoms with E-state index in [-0.39, 0.29) is 6.01 Å². The van der Waals surface area contributed by atoms with Crippen molar-refractivity contribution in [2.24, 2.45) is 0 Å². The van der Waals surface area contributed by atoms with Crippen LogP contribution in [-0.2, 0) is 9.31 Å². The highest BCUT2D eigenvalue weighted by atomic mass is 16.7. The van der Waals surface area contributed by atoms with Gasteiger partial charge in [0.15, 0.2) is 0 Å². The molecule has 0 aliphatic carbocycles. The molecule has 0 amide bonds. The topological polar surface area (TPSA) is 77.3 Å². The van der Waals surface area contributed by atoms with Crippen molar-refractivity contribution in [1.82, 2.24) is 9.97 Å². The number of rotatable bonds is 3. The van der Waals surface area contributed by atoms with Crippen LogP contribution in [0.25, 0.3) is 0 Å². The first-order valence-corrected chi connectivity index (χ1v) is 8.09. The van der Waals surface area contributed by atoms with Crippen molar-refractivity contribution in [2.45, 2.75) is 45.8 Å². The maximum atomic E-state index is 9.47. The van der Waals surface area contributed by atoms with Crippen LogP contribution in [0, 0.1) is 18.3 Å². The van der Waals surface area contributed by atoms with Crippen LogP contribution in [0.3, 0.4) is 0 Å². The average Bonchev–Trinajstić information content (AvgIpc) is 2.76. The van der Waals surface area contributed by atoms with Crippen LogP contribution in [0.2, 0.25) is 0 Å². The van der Waals surface area contributed by atoms with Gasteiger partial charge in [0.05, 0.1) is 16.8 Å². The summed E-state index contributed by atoms with van der Waals surface area (Å²) in [6.07, 6.45) is 1.61. The minimum absolute atomic E-state index is 0.208. The van der Waals surface area contributed by atoms with Gasteiger partial charge < -0.3 is 14.0 Å². The normalized spacial score (nSPS) is 18.0. The fraction of sp³-hybridized carbons (Fsp3) is 0.389. The van der Waals surface area contributed by atoms with Crippen molar-refractivity contribution >= 4 is 12.6 Å². The number of nitrogens with zero attached hydrogens (tertiary/aromatic N) is 3. The van der Waals surface area contributed by atoms with E-state index in [0.717, 1.165) is 11.2 Å². The van der Waals surface area contributed by atoms with E-state index in [1.807, 2.05) is 40.7 Å². The van der Waals surface area contributed by atoms with Crippen LogP contribution in [-0.4, -0.2) is 28.3 Å². The van der Waals surface area contributed by atoms with Crippen LogP contribution >= 0.6 is 0 Å². The van der Waals surface area contributed by atoms with Gasteiger partial charge in [-0.25, -0.2) is 9.97 Å². The average molecular weight is 337 g/mol. The zero-order valence-electron chi connectivity index (χ0n) is 15.0. The van der Waals surface area contributed by atoms with Crippen LogP contribution in [0.4, 0.5) is 0 Å². The molecule has 0 saturated carbocycles. The van der Waals surface area contributed by atoms with Crippen molar-refractivity contribution < 1.29 is 14.0 Å². The Kier molecular flexibility index (Phi) is 4.27. The van der Waals surface area contributed by atoms with E-state index in [1.54, 1.807) is 24.4 Å². The predicted molar refractivity (Wildman–Crippen MR) is 93.7 cm³/mol. The second-order valence-corrected chi connectivity index (χ2v) is 7.04. The van der Waals surface area contributed by atoms with E-state index in [4.69, 9.17) is 14.0 Å². The van der Waals surface area contributed by atoms with Crippen LogP contribution in [0.5, 0.6) is 11.8 Å². The summed E-state index contributed by atoms with van der Waals surface area (Å²) < 4.78 is 17.7. The second-order valence-electron chi connectivity index (χ2n) is 7.04. The Hall–Kier alpha value is -2.43. The molecule has 0 radical (unpaired) electrons. The summed E-state index contributed by atoms with van der Waals surface area (Å²) in [6.45, 7) is 9.81. The Morgan fingerprint density at radius 1 is 1.12 bits per heavy atom. The SMILES string of the molecule is Cc1ccnc(Oc2ccc(B3OC(C)(C)C(C)(C)O3)cc2C#N)n1. The molecule has 1 aliphatic heterocycles. The molecule has 2 heterocycles. The number of hydrogen-bond donors (Lipinski definition) is 0. The van der Waals surface area contributed by atoms with E-state index in [2.05, 4.69) is 16.0 Å². The van der Waals surface area contributed by atoms with E-state index < -0.39 is 18.3 Å². The highest BCUT2D eigenvalue weighted by Gasteiger charge is 2.51. The van der Waals surface area contributed by atoms with Gasteiger partial charge in [0, 0.05) is 11.9 Å². The lowest BCUT2D eigenvalue weighted by atomic mass is 9.78. The van der Waals surface area contributed by atoms with Gasteiger partial charge >= 0.3 is 13.1 Å². The lowest BCUT2D eigenvalue weighted by Crippen LogP contribution is -2.41. The van der Waals surface area contributed by atoms with Gasteiger partial charge in [-0.05, 0) is 58.3 Å². The van der Waals surface area contributed by atoms with Crippen molar-refractivity contribution in [2.75, 3.05) is 0 Å². The molecule has 0 atom stereocenters. The first-order chi connectivity index (χ1) is 11.7. The van der Waals surface area contributed by atoms with Crippen molar-refractivity contribution in [3.8, 4) is 17.8 Å².